The van der Waals surface area contributed by atoms with Gasteiger partial charge in [-0.2, -0.15) is 0 Å². The fraction of sp³-hybridized carbons (Fsp3) is 0.370. The maximum absolute atomic E-state index is 13.9. The average molecular weight is 558 g/mol. The van der Waals surface area contributed by atoms with Crippen molar-refractivity contribution in [3.05, 3.63) is 74.5 Å². The molecule has 3 heterocycles. The van der Waals surface area contributed by atoms with Crippen LogP contribution in [0.4, 0.5) is 5.69 Å². The van der Waals surface area contributed by atoms with Crippen LogP contribution in [-0.4, -0.2) is 91.7 Å². The van der Waals surface area contributed by atoms with Crippen molar-refractivity contribution in [3.8, 4) is 0 Å². The minimum absolute atomic E-state index is 0.245. The van der Waals surface area contributed by atoms with E-state index in [4.69, 9.17) is 27.9 Å². The normalized spacial score (nSPS) is 18.5. The number of hydrogen-bond donors (Lipinski definition) is 2. The number of benzene rings is 2. The van der Waals surface area contributed by atoms with Crippen LogP contribution in [0.5, 0.6) is 0 Å². The number of nitrogens with zero attached hydrogens (tertiary/aromatic N) is 3. The van der Waals surface area contributed by atoms with Gasteiger partial charge >= 0.3 is 0 Å². The molecule has 1 aromatic heterocycles. The Bertz CT molecular complexity index is 1390. The van der Waals surface area contributed by atoms with Crippen molar-refractivity contribution in [2.24, 2.45) is 0 Å². The van der Waals surface area contributed by atoms with Gasteiger partial charge in [-0.25, -0.2) is 0 Å². The van der Waals surface area contributed by atoms with Gasteiger partial charge < -0.3 is 24.8 Å². The van der Waals surface area contributed by atoms with Gasteiger partial charge in [-0.15, -0.1) is 0 Å². The highest BCUT2D eigenvalue weighted by molar-refractivity contribution is 6.42. The van der Waals surface area contributed by atoms with Crippen LogP contribution in [0.3, 0.4) is 0 Å². The first-order valence-corrected chi connectivity index (χ1v) is 13.4. The van der Waals surface area contributed by atoms with Crippen LogP contribution < -0.4 is 15.8 Å². The molecule has 1 unspecified atom stereocenters. The number of piperazine rings is 1. The second-order valence-electron chi connectivity index (χ2n) is 9.40. The molecule has 2 aliphatic heterocycles. The first kappa shape index (κ1) is 26.5. The van der Waals surface area contributed by atoms with E-state index in [0.29, 0.717) is 60.3 Å². The van der Waals surface area contributed by atoms with Gasteiger partial charge in [-0.3, -0.25) is 19.3 Å². The third-order valence-electron chi connectivity index (χ3n) is 7.02. The Morgan fingerprint density at radius 2 is 1.79 bits per heavy atom. The summed E-state index contributed by atoms with van der Waals surface area (Å²) in [5, 5.41) is 4.52. The van der Waals surface area contributed by atoms with E-state index in [0.717, 1.165) is 18.8 Å². The van der Waals surface area contributed by atoms with Crippen LogP contribution in [0.25, 0.3) is 10.9 Å². The van der Waals surface area contributed by atoms with E-state index in [2.05, 4.69) is 15.2 Å². The summed E-state index contributed by atoms with van der Waals surface area (Å²) in [6.45, 7) is 5.22. The van der Waals surface area contributed by atoms with Gasteiger partial charge in [0.1, 0.15) is 6.04 Å². The number of morpholine rings is 1. The molecule has 9 nitrogen and oxygen atoms in total. The number of carbonyl (C=O) groups excluding carboxylic acids is 2. The van der Waals surface area contributed by atoms with Gasteiger partial charge in [0.05, 0.1) is 28.8 Å². The van der Waals surface area contributed by atoms with E-state index in [-0.39, 0.29) is 29.5 Å². The molecule has 0 spiro atoms. The maximum atomic E-state index is 13.9. The molecule has 0 aliphatic carbocycles. The van der Waals surface area contributed by atoms with Crippen molar-refractivity contribution in [1.29, 1.82) is 0 Å². The average Bonchev–Trinajstić information content (AvgIpc) is 2.94. The lowest BCUT2D eigenvalue weighted by Gasteiger charge is -2.41. The van der Waals surface area contributed by atoms with Crippen LogP contribution in [0, 0.1) is 0 Å². The Hall–Kier alpha value is -3.11. The van der Waals surface area contributed by atoms with Crippen molar-refractivity contribution in [2.75, 3.05) is 63.9 Å². The molecule has 2 aromatic carbocycles. The first-order chi connectivity index (χ1) is 18.4. The summed E-state index contributed by atoms with van der Waals surface area (Å²) in [6.07, 6.45) is 0. The van der Waals surface area contributed by atoms with Crippen LogP contribution in [0.15, 0.2) is 53.3 Å². The summed E-state index contributed by atoms with van der Waals surface area (Å²) < 4.78 is 5.39. The van der Waals surface area contributed by atoms with Crippen molar-refractivity contribution in [3.63, 3.8) is 0 Å². The maximum Gasteiger partial charge on any atom is 0.255 e. The number of nitrogens with one attached hydrogen (secondary N) is 2. The highest BCUT2D eigenvalue weighted by Gasteiger charge is 2.36. The molecule has 2 amide bonds. The Balaban J connectivity index is 1.39. The molecule has 2 saturated heterocycles. The van der Waals surface area contributed by atoms with E-state index in [1.165, 1.54) is 6.07 Å². The van der Waals surface area contributed by atoms with Crippen molar-refractivity contribution >= 4 is 51.6 Å². The Morgan fingerprint density at radius 3 is 2.58 bits per heavy atom. The fourth-order valence-corrected chi connectivity index (χ4v) is 5.28. The second kappa shape index (κ2) is 11.7. The summed E-state index contributed by atoms with van der Waals surface area (Å²) in [5.41, 5.74) is 1.30. The quantitative estimate of drug-likeness (QED) is 0.483. The number of aromatic amines is 1. The fourth-order valence-electron chi connectivity index (χ4n) is 4.98. The molecule has 0 saturated carbocycles. The number of amides is 2. The van der Waals surface area contributed by atoms with Crippen molar-refractivity contribution in [2.45, 2.75) is 6.04 Å². The molecule has 0 bridgehead atoms. The standard InChI is InChI=1S/C27H29Cl2N5O4/c28-21-6-5-18(15-22(21)29)33-9-10-34(24(17-33)26(36)30-7-8-32-11-13-38-14-12-32)27(37)20-16-25(35)31-23-4-2-1-3-19(20)23/h1-6,15-16,24H,7-14,17H2,(H,30,36)(H,31,35). The lowest BCUT2D eigenvalue weighted by Crippen LogP contribution is -2.61. The predicted molar refractivity (Wildman–Crippen MR) is 148 cm³/mol. The third-order valence-corrected chi connectivity index (χ3v) is 7.76. The lowest BCUT2D eigenvalue weighted by atomic mass is 10.0. The summed E-state index contributed by atoms with van der Waals surface area (Å²) in [4.78, 5) is 48.3. The number of fused-ring (bicyclic) bond motifs is 1. The number of H-pyrrole nitrogens is 1. The van der Waals surface area contributed by atoms with E-state index in [9.17, 15) is 14.4 Å². The number of hydrogen-bond acceptors (Lipinski definition) is 6. The second-order valence-corrected chi connectivity index (χ2v) is 10.2. The molecule has 3 aromatic rings. The summed E-state index contributed by atoms with van der Waals surface area (Å²) in [5.74, 6) is -0.597. The van der Waals surface area contributed by atoms with Crippen LogP contribution in [0.2, 0.25) is 10.0 Å². The molecule has 0 radical (unpaired) electrons. The number of para-hydroxylation sites is 1. The van der Waals surface area contributed by atoms with E-state index >= 15 is 0 Å². The van der Waals surface area contributed by atoms with Crippen LogP contribution >= 0.6 is 23.2 Å². The number of ether oxygens (including phenoxy) is 1. The topological polar surface area (TPSA) is 98.0 Å². The molecule has 2 aliphatic rings. The van der Waals surface area contributed by atoms with E-state index < -0.39 is 6.04 Å². The molecular weight excluding hydrogens is 529 g/mol. The molecule has 2 fully saturated rings. The highest BCUT2D eigenvalue weighted by Crippen LogP contribution is 2.29. The van der Waals surface area contributed by atoms with Gasteiger partial charge in [-0.1, -0.05) is 41.4 Å². The minimum atomic E-state index is -0.770. The van der Waals surface area contributed by atoms with Gasteiger partial charge in [-0.05, 0) is 24.3 Å². The van der Waals surface area contributed by atoms with E-state index in [1.54, 1.807) is 35.2 Å². The van der Waals surface area contributed by atoms with Crippen LogP contribution in [-0.2, 0) is 9.53 Å². The molecule has 11 heteroatoms. The first-order valence-electron chi connectivity index (χ1n) is 12.6. The monoisotopic (exact) mass is 557 g/mol. The molecule has 1 atom stereocenters. The Morgan fingerprint density at radius 1 is 1.00 bits per heavy atom. The summed E-state index contributed by atoms with van der Waals surface area (Å²) in [6, 6.07) is 13.0. The number of aromatic nitrogens is 1. The number of anilines is 1. The number of carbonyl (C=O) groups is 2. The van der Waals surface area contributed by atoms with Gasteiger partial charge in [0.15, 0.2) is 0 Å². The Kier molecular flexibility index (Phi) is 8.18. The number of halogens is 2. The molecule has 5 rings (SSSR count). The number of rotatable bonds is 6. The van der Waals surface area contributed by atoms with Crippen LogP contribution in [0.1, 0.15) is 10.4 Å². The van der Waals surface area contributed by atoms with Gasteiger partial charge in [0.2, 0.25) is 11.5 Å². The third kappa shape index (κ3) is 5.81. The van der Waals surface area contributed by atoms with Gasteiger partial charge in [0.25, 0.3) is 5.91 Å². The Labute approximate surface area is 230 Å². The zero-order valence-electron chi connectivity index (χ0n) is 20.8. The van der Waals surface area contributed by atoms with Crippen molar-refractivity contribution < 1.29 is 14.3 Å². The predicted octanol–water partition coefficient (Wildman–Crippen LogP) is 2.61. The lowest BCUT2D eigenvalue weighted by molar-refractivity contribution is -0.125. The number of pyridine rings is 1. The zero-order valence-corrected chi connectivity index (χ0v) is 22.3. The van der Waals surface area contributed by atoms with Crippen molar-refractivity contribution in [1.82, 2.24) is 20.1 Å². The molecule has 38 heavy (non-hydrogen) atoms. The highest BCUT2D eigenvalue weighted by atomic mass is 35.5. The SMILES string of the molecule is O=C(NCCN1CCOCC1)C1CN(c2ccc(Cl)c(Cl)c2)CCN1C(=O)c1cc(=O)[nH]c2ccccc12. The summed E-state index contributed by atoms with van der Waals surface area (Å²) in [7, 11) is 0. The minimum Gasteiger partial charge on any atom is -0.379 e. The molecule has 200 valence electrons. The van der Waals surface area contributed by atoms with E-state index in [1.807, 2.05) is 17.0 Å². The molecule has 2 N–H and O–H groups in total. The molecular formula is C27H29Cl2N5O4. The smallest absolute Gasteiger partial charge is 0.255 e. The zero-order chi connectivity index (χ0) is 26.6. The summed E-state index contributed by atoms with van der Waals surface area (Å²) >= 11 is 12.4. The van der Waals surface area contributed by atoms with Gasteiger partial charge in [0, 0.05) is 68.5 Å². The largest absolute Gasteiger partial charge is 0.379 e.